The van der Waals surface area contributed by atoms with Gasteiger partial charge in [-0.3, -0.25) is 0 Å². The zero-order valence-electron chi connectivity index (χ0n) is 11.6. The monoisotopic (exact) mass is 377 g/mol. The molecule has 0 rings (SSSR count). The van der Waals surface area contributed by atoms with Gasteiger partial charge in [0.1, 0.15) is 0 Å². The van der Waals surface area contributed by atoms with Crippen molar-refractivity contribution < 1.29 is 25.8 Å². The molecule has 0 aliphatic carbocycles. The Labute approximate surface area is 116 Å². The van der Waals surface area contributed by atoms with Crippen LogP contribution in [-0.4, -0.2) is 0 Å². The molecule has 0 N–H and O–H groups in total. The molecule has 0 fully saturated rings. The van der Waals surface area contributed by atoms with Crippen LogP contribution < -0.4 is 0 Å². The van der Waals surface area contributed by atoms with E-state index >= 15 is 0 Å². The second-order valence-electron chi connectivity index (χ2n) is 5.88. The summed E-state index contributed by atoms with van der Waals surface area (Å²) in [5.74, 6) is 4.31. The summed E-state index contributed by atoms with van der Waals surface area (Å²) >= 11 is 0. The van der Waals surface area contributed by atoms with Crippen molar-refractivity contribution in [2.45, 2.75) is 67.2 Å². The Bertz CT molecular complexity index is 117. The van der Waals surface area contributed by atoms with Gasteiger partial charge in [0, 0.05) is 25.8 Å². The Morgan fingerprint density at radius 1 is 0.733 bits per heavy atom. The number of rotatable bonds is 7. The van der Waals surface area contributed by atoms with Gasteiger partial charge in [-0.1, -0.05) is 59.8 Å². The van der Waals surface area contributed by atoms with Gasteiger partial charge in [0.25, 0.3) is 0 Å². The van der Waals surface area contributed by atoms with E-state index < -0.39 is 0 Å². The van der Waals surface area contributed by atoms with Crippen molar-refractivity contribution in [3.63, 3.8) is 0 Å². The number of hydrogen-bond acceptors (Lipinski definition) is 0. The SMILES string of the molecule is CC(C)CC[C-](CC(C)C)CC(C)C.[Hf]. The molecule has 0 aromatic carbocycles. The van der Waals surface area contributed by atoms with Crippen LogP contribution in [-0.2, 0) is 25.8 Å². The van der Waals surface area contributed by atoms with Gasteiger partial charge in [0.05, 0.1) is 0 Å². The normalized spacial score (nSPS) is 11.6. The summed E-state index contributed by atoms with van der Waals surface area (Å²) in [5, 5.41) is 0. The molecule has 0 radical (unpaired) electrons. The Morgan fingerprint density at radius 3 is 1.40 bits per heavy atom. The van der Waals surface area contributed by atoms with Crippen molar-refractivity contribution in [3.05, 3.63) is 5.92 Å². The van der Waals surface area contributed by atoms with Crippen molar-refractivity contribution in [3.8, 4) is 0 Å². The minimum Gasteiger partial charge on any atom is -0.313 e. The van der Waals surface area contributed by atoms with Crippen molar-refractivity contribution >= 4 is 0 Å². The first-order valence-electron chi connectivity index (χ1n) is 6.25. The molecule has 0 amide bonds. The molecule has 0 heterocycles. The predicted octanol–water partition coefficient (Wildman–Crippen LogP) is 5.09. The van der Waals surface area contributed by atoms with Crippen LogP contribution in [0.1, 0.15) is 67.2 Å². The molecule has 0 aromatic heterocycles. The molecule has 0 unspecified atom stereocenters. The maximum atomic E-state index is 2.33. The van der Waals surface area contributed by atoms with Crippen LogP contribution >= 0.6 is 0 Å². The van der Waals surface area contributed by atoms with E-state index in [0.29, 0.717) is 0 Å². The van der Waals surface area contributed by atoms with Crippen molar-refractivity contribution in [1.29, 1.82) is 0 Å². The van der Waals surface area contributed by atoms with E-state index in [1.54, 1.807) is 5.92 Å². The topological polar surface area (TPSA) is 0 Å². The van der Waals surface area contributed by atoms with Crippen molar-refractivity contribution in [2.75, 3.05) is 0 Å². The predicted molar refractivity (Wildman–Crippen MR) is 66.2 cm³/mol. The quantitative estimate of drug-likeness (QED) is 0.429. The zero-order valence-corrected chi connectivity index (χ0v) is 15.2. The first kappa shape index (κ1) is 18.2. The molecule has 15 heavy (non-hydrogen) atoms. The first-order valence-corrected chi connectivity index (χ1v) is 6.25. The third-order valence-electron chi connectivity index (χ3n) is 2.47. The molecule has 0 spiro atoms. The van der Waals surface area contributed by atoms with E-state index in [1.807, 2.05) is 0 Å². The molecule has 0 saturated carbocycles. The van der Waals surface area contributed by atoms with E-state index in [1.165, 1.54) is 25.7 Å². The van der Waals surface area contributed by atoms with E-state index in [2.05, 4.69) is 41.5 Å². The summed E-state index contributed by atoms with van der Waals surface area (Å²) in [7, 11) is 0. The summed E-state index contributed by atoms with van der Waals surface area (Å²) in [5.41, 5.74) is 0. The van der Waals surface area contributed by atoms with E-state index in [0.717, 1.165) is 17.8 Å². The second kappa shape index (κ2) is 10.1. The smallest absolute Gasteiger partial charge is 0 e. The summed E-state index contributed by atoms with van der Waals surface area (Å²) in [4.78, 5) is 0. The van der Waals surface area contributed by atoms with Gasteiger partial charge < -0.3 is 5.92 Å². The van der Waals surface area contributed by atoms with Crippen LogP contribution in [0.15, 0.2) is 0 Å². The van der Waals surface area contributed by atoms with Crippen LogP contribution in [0.5, 0.6) is 0 Å². The fraction of sp³-hybridized carbons (Fsp3) is 0.929. The molecular weight excluding hydrogens is 347 g/mol. The first-order chi connectivity index (χ1) is 6.41. The van der Waals surface area contributed by atoms with Gasteiger partial charge in [-0.05, 0) is 5.92 Å². The van der Waals surface area contributed by atoms with Gasteiger partial charge >= 0.3 is 0 Å². The number of hydrogen-bond donors (Lipinski definition) is 0. The van der Waals surface area contributed by atoms with Crippen molar-refractivity contribution in [1.82, 2.24) is 0 Å². The minimum absolute atomic E-state index is 0. The van der Waals surface area contributed by atoms with Gasteiger partial charge in [-0.15, -0.1) is 0 Å². The Morgan fingerprint density at radius 2 is 1.13 bits per heavy atom. The molecule has 0 nitrogen and oxygen atoms in total. The van der Waals surface area contributed by atoms with Crippen LogP contribution in [0, 0.1) is 23.7 Å². The largest absolute Gasteiger partial charge is 0.313 e. The summed E-state index contributed by atoms with van der Waals surface area (Å²) in [6, 6.07) is 0. The van der Waals surface area contributed by atoms with Gasteiger partial charge in [0.15, 0.2) is 0 Å². The van der Waals surface area contributed by atoms with Crippen LogP contribution in [0.4, 0.5) is 0 Å². The summed E-state index contributed by atoms with van der Waals surface area (Å²) in [6.45, 7) is 14.0. The Balaban J connectivity index is 0. The fourth-order valence-electron chi connectivity index (χ4n) is 1.93. The molecule has 0 aliphatic rings. The van der Waals surface area contributed by atoms with Gasteiger partial charge in [-0.25, -0.2) is 0 Å². The molecule has 0 atom stereocenters. The third-order valence-corrected chi connectivity index (χ3v) is 2.47. The van der Waals surface area contributed by atoms with Gasteiger partial charge in [-0.2, -0.15) is 19.3 Å². The van der Waals surface area contributed by atoms with Gasteiger partial charge in [0.2, 0.25) is 0 Å². The van der Waals surface area contributed by atoms with E-state index in [4.69, 9.17) is 0 Å². The zero-order chi connectivity index (χ0) is 11.1. The van der Waals surface area contributed by atoms with Crippen LogP contribution in [0.25, 0.3) is 0 Å². The van der Waals surface area contributed by atoms with Crippen LogP contribution in [0.2, 0.25) is 0 Å². The Hall–Kier alpha value is 0.870. The van der Waals surface area contributed by atoms with E-state index in [9.17, 15) is 0 Å². The average molecular weight is 376 g/mol. The average Bonchev–Trinajstić information content (AvgIpc) is 1.97. The van der Waals surface area contributed by atoms with Crippen LogP contribution in [0.3, 0.4) is 0 Å². The molecule has 0 aliphatic heterocycles. The molecule has 0 aromatic rings. The Kier molecular flexibility index (Phi) is 12.2. The molecule has 1 heteroatoms. The summed E-state index contributed by atoms with van der Waals surface area (Å²) < 4.78 is 0. The fourth-order valence-corrected chi connectivity index (χ4v) is 1.93. The standard InChI is InChI=1S/C14H29.Hf/c1-11(2)7-8-14(9-12(3)4)10-13(5)6;/h11-13H,7-10H2,1-6H3;/q-1;. The molecule has 0 bridgehead atoms. The minimum atomic E-state index is 0. The molecular formula is C14H29Hf-. The van der Waals surface area contributed by atoms with E-state index in [-0.39, 0.29) is 25.8 Å². The molecule has 90 valence electrons. The maximum Gasteiger partial charge on any atom is 0 e. The van der Waals surface area contributed by atoms with Crippen molar-refractivity contribution in [2.24, 2.45) is 17.8 Å². The third kappa shape index (κ3) is 12.8. The summed E-state index contributed by atoms with van der Waals surface area (Å²) in [6.07, 6.45) is 5.40. The maximum absolute atomic E-state index is 2.33. The molecule has 0 saturated heterocycles. The second-order valence-corrected chi connectivity index (χ2v) is 5.88.